The summed E-state index contributed by atoms with van der Waals surface area (Å²) < 4.78 is 31.4. The zero-order chi connectivity index (χ0) is 31.0. The molecule has 0 bridgehead atoms. The molecule has 1 aliphatic rings. The topological polar surface area (TPSA) is 118 Å². The van der Waals surface area contributed by atoms with Crippen LogP contribution >= 0.6 is 0 Å². The summed E-state index contributed by atoms with van der Waals surface area (Å²) in [6, 6.07) is 4.22. The number of ether oxygens (including phenoxy) is 6. The summed E-state index contributed by atoms with van der Waals surface area (Å²) in [5.74, 6) is -1.02. The van der Waals surface area contributed by atoms with Crippen LogP contribution in [0, 0.1) is 34.6 Å². The number of hydrogen-bond donors (Lipinski definition) is 1. The Morgan fingerprint density at radius 2 is 1.31 bits per heavy atom. The van der Waals surface area contributed by atoms with Crippen LogP contribution in [0.1, 0.15) is 63.4 Å². The number of esters is 2. The van der Waals surface area contributed by atoms with Gasteiger partial charge in [-0.05, 0) is 76.3 Å². The molecule has 10 heteroatoms. The number of allylic oxidation sites excluding steroid dienone is 1. The van der Waals surface area contributed by atoms with Crippen molar-refractivity contribution in [2.45, 2.75) is 48.5 Å². The van der Waals surface area contributed by atoms with Gasteiger partial charge < -0.3 is 33.4 Å². The van der Waals surface area contributed by atoms with Gasteiger partial charge in [0.05, 0.1) is 54.7 Å². The molecule has 0 saturated carbocycles. The Morgan fingerprint density at radius 1 is 0.762 bits per heavy atom. The van der Waals surface area contributed by atoms with Gasteiger partial charge in [0.1, 0.15) is 0 Å². The largest absolute Gasteiger partial charge is 0.435 e. The van der Waals surface area contributed by atoms with Crippen molar-refractivity contribution in [2.75, 3.05) is 54.2 Å². The zero-order valence-electron chi connectivity index (χ0n) is 26.1. The SMILES string of the molecule is COCCOCOC(=O)C1=C(C)/C(=C(/c2[nH]c(C)c(C(=O)OCOCCOC)c2C)c2c(C)cc(C)cc2C)N=C1C. The van der Waals surface area contributed by atoms with Gasteiger partial charge in [-0.15, -0.1) is 0 Å². The molecule has 1 aromatic carbocycles. The number of nitrogens with zero attached hydrogens (tertiary/aromatic N) is 1. The van der Waals surface area contributed by atoms with Crippen LogP contribution < -0.4 is 0 Å². The summed E-state index contributed by atoms with van der Waals surface area (Å²) >= 11 is 0. The first-order chi connectivity index (χ1) is 20.0. The minimum absolute atomic E-state index is 0.183. The van der Waals surface area contributed by atoms with Crippen LogP contribution in [0.2, 0.25) is 0 Å². The number of rotatable bonds is 14. The summed E-state index contributed by atoms with van der Waals surface area (Å²) in [6.07, 6.45) is 0. The lowest BCUT2D eigenvalue weighted by molar-refractivity contribution is -0.151. The molecular formula is C32H42N2O8. The predicted octanol–water partition coefficient (Wildman–Crippen LogP) is 5.05. The number of H-pyrrole nitrogens is 1. The van der Waals surface area contributed by atoms with E-state index >= 15 is 0 Å². The van der Waals surface area contributed by atoms with Gasteiger partial charge in [-0.1, -0.05) is 17.7 Å². The average Bonchev–Trinajstić information content (AvgIpc) is 3.38. The number of hydrogen-bond acceptors (Lipinski definition) is 9. The molecule has 0 spiro atoms. The second kappa shape index (κ2) is 15.1. The number of benzene rings is 1. The molecule has 0 saturated heterocycles. The van der Waals surface area contributed by atoms with Crippen molar-refractivity contribution in [3.8, 4) is 0 Å². The first kappa shape index (κ1) is 32.9. The smallest absolute Gasteiger partial charge is 0.342 e. The Labute approximate surface area is 247 Å². The standard InChI is InChI=1S/C32H42N2O8/c1-18-14-19(2)25(20(3)15-18)28(29-21(4)26(23(6)33-29)31(35)41-16-39-12-10-37-8)30-22(5)27(24(7)34-30)32(36)42-17-40-13-11-38-9/h14-15,33H,10-13,16-17H2,1-9H3/b30-28-. The molecule has 0 amide bonds. The van der Waals surface area contributed by atoms with Crippen LogP contribution in [0.25, 0.3) is 5.57 Å². The van der Waals surface area contributed by atoms with E-state index in [4.69, 9.17) is 33.4 Å². The number of carbonyl (C=O) groups is 2. The van der Waals surface area contributed by atoms with Gasteiger partial charge in [-0.2, -0.15) is 0 Å². The minimum Gasteiger partial charge on any atom is -0.435 e. The molecule has 42 heavy (non-hydrogen) atoms. The van der Waals surface area contributed by atoms with Crippen LogP contribution in [-0.2, 0) is 33.2 Å². The molecule has 0 unspecified atom stereocenters. The van der Waals surface area contributed by atoms with Gasteiger partial charge in [-0.3, -0.25) is 4.99 Å². The first-order valence-electron chi connectivity index (χ1n) is 13.8. The highest BCUT2D eigenvalue weighted by atomic mass is 16.7. The molecule has 1 aliphatic heterocycles. The normalized spacial score (nSPS) is 14.4. The number of methoxy groups -OCH3 is 2. The number of nitrogens with one attached hydrogen (secondary N) is 1. The number of aliphatic imine (C=N–C) groups is 1. The van der Waals surface area contributed by atoms with Crippen LogP contribution in [0.3, 0.4) is 0 Å². The number of aromatic amines is 1. The molecule has 0 atom stereocenters. The fourth-order valence-electron chi connectivity index (χ4n) is 5.22. The average molecular weight is 583 g/mol. The van der Waals surface area contributed by atoms with Crippen molar-refractivity contribution < 1.29 is 38.0 Å². The van der Waals surface area contributed by atoms with E-state index in [0.29, 0.717) is 65.8 Å². The lowest BCUT2D eigenvalue weighted by atomic mass is 9.87. The molecule has 0 aliphatic carbocycles. The second-order valence-electron chi connectivity index (χ2n) is 10.2. The van der Waals surface area contributed by atoms with Crippen LogP contribution in [0.15, 0.2) is 34.0 Å². The van der Waals surface area contributed by atoms with Gasteiger partial charge in [-0.25, -0.2) is 9.59 Å². The molecule has 3 rings (SSSR count). The van der Waals surface area contributed by atoms with E-state index in [1.807, 2.05) is 34.6 Å². The third-order valence-electron chi connectivity index (χ3n) is 7.04. The number of aromatic nitrogens is 1. The van der Waals surface area contributed by atoms with E-state index in [1.165, 1.54) is 0 Å². The number of carbonyl (C=O) groups excluding carboxylic acids is 2. The number of aryl methyl sites for hydroxylation is 4. The Balaban J connectivity index is 2.12. The molecule has 0 fully saturated rings. The van der Waals surface area contributed by atoms with Crippen molar-refractivity contribution >= 4 is 23.2 Å². The van der Waals surface area contributed by atoms with E-state index in [-0.39, 0.29) is 13.6 Å². The Hall–Kier alpha value is -3.57. The van der Waals surface area contributed by atoms with Crippen LogP contribution in [0.4, 0.5) is 0 Å². The lowest BCUT2D eigenvalue weighted by Crippen LogP contribution is -2.16. The van der Waals surface area contributed by atoms with Crippen LogP contribution in [0.5, 0.6) is 0 Å². The Morgan fingerprint density at radius 3 is 1.86 bits per heavy atom. The minimum atomic E-state index is -0.519. The van der Waals surface area contributed by atoms with Crippen molar-refractivity contribution in [1.82, 2.24) is 4.98 Å². The van der Waals surface area contributed by atoms with Gasteiger partial charge >= 0.3 is 11.9 Å². The highest BCUT2D eigenvalue weighted by Gasteiger charge is 2.31. The van der Waals surface area contributed by atoms with E-state index in [9.17, 15) is 9.59 Å². The lowest BCUT2D eigenvalue weighted by Gasteiger charge is -2.18. The first-order valence-corrected chi connectivity index (χ1v) is 13.8. The maximum atomic E-state index is 13.1. The van der Waals surface area contributed by atoms with Crippen molar-refractivity contribution in [3.63, 3.8) is 0 Å². The quantitative estimate of drug-likeness (QED) is 0.187. The van der Waals surface area contributed by atoms with Gasteiger partial charge in [0, 0.05) is 25.5 Å². The molecular weight excluding hydrogens is 540 g/mol. The van der Waals surface area contributed by atoms with Gasteiger partial charge in [0.25, 0.3) is 0 Å². The van der Waals surface area contributed by atoms with Crippen molar-refractivity contribution in [2.24, 2.45) is 4.99 Å². The summed E-state index contributed by atoms with van der Waals surface area (Å²) in [5.41, 5.74) is 9.70. The second-order valence-corrected chi connectivity index (χ2v) is 10.2. The molecule has 228 valence electrons. The molecule has 0 radical (unpaired) electrons. The van der Waals surface area contributed by atoms with E-state index < -0.39 is 11.9 Å². The van der Waals surface area contributed by atoms with Crippen LogP contribution in [-0.4, -0.2) is 76.9 Å². The third kappa shape index (κ3) is 7.43. The molecule has 1 N–H and O–H groups in total. The molecule has 2 heterocycles. The highest BCUT2D eigenvalue weighted by Crippen LogP contribution is 2.41. The Bertz CT molecular complexity index is 1390. The van der Waals surface area contributed by atoms with E-state index in [0.717, 1.165) is 33.5 Å². The summed E-state index contributed by atoms with van der Waals surface area (Å²) in [5, 5.41) is 0. The van der Waals surface area contributed by atoms with E-state index in [2.05, 4.69) is 24.0 Å². The van der Waals surface area contributed by atoms with Crippen molar-refractivity contribution in [3.05, 3.63) is 73.7 Å². The zero-order valence-corrected chi connectivity index (χ0v) is 26.1. The Kier molecular flexibility index (Phi) is 11.8. The van der Waals surface area contributed by atoms with Crippen molar-refractivity contribution in [1.29, 1.82) is 0 Å². The molecule has 2 aromatic rings. The summed E-state index contributed by atoms with van der Waals surface area (Å²) in [4.78, 5) is 34.5. The summed E-state index contributed by atoms with van der Waals surface area (Å²) in [6.45, 7) is 14.5. The fourth-order valence-corrected chi connectivity index (χ4v) is 5.22. The fraction of sp³-hybridized carbons (Fsp3) is 0.469. The predicted molar refractivity (Wildman–Crippen MR) is 160 cm³/mol. The maximum absolute atomic E-state index is 13.1. The monoisotopic (exact) mass is 582 g/mol. The van der Waals surface area contributed by atoms with Gasteiger partial charge in [0.15, 0.2) is 13.6 Å². The molecule has 1 aromatic heterocycles. The highest BCUT2D eigenvalue weighted by molar-refractivity contribution is 6.22. The maximum Gasteiger partial charge on any atom is 0.342 e. The van der Waals surface area contributed by atoms with E-state index in [1.54, 1.807) is 21.1 Å². The van der Waals surface area contributed by atoms with Gasteiger partial charge in [0.2, 0.25) is 0 Å². The molecule has 10 nitrogen and oxygen atoms in total. The summed E-state index contributed by atoms with van der Waals surface area (Å²) in [7, 11) is 3.15. The third-order valence-corrected chi connectivity index (χ3v) is 7.04.